The zero-order valence-electron chi connectivity index (χ0n) is 18.1. The van der Waals surface area contributed by atoms with E-state index >= 15 is 0 Å². The van der Waals surface area contributed by atoms with Crippen molar-refractivity contribution in [2.24, 2.45) is 0 Å². The number of hydrogen-bond donors (Lipinski definition) is 1. The second-order valence-corrected chi connectivity index (χ2v) is 8.88. The van der Waals surface area contributed by atoms with Gasteiger partial charge in [-0.3, -0.25) is 4.98 Å². The molecular weight excluding hydrogens is 391 g/mol. The highest BCUT2D eigenvalue weighted by molar-refractivity contribution is 5.83. The molecule has 5 nitrogen and oxygen atoms in total. The maximum absolute atomic E-state index is 13.0. The minimum atomic E-state index is -4.35. The molecule has 1 N–H and O–H groups in total. The quantitative estimate of drug-likeness (QED) is 0.509. The van der Waals surface area contributed by atoms with E-state index in [4.69, 9.17) is 4.98 Å². The minimum Gasteiger partial charge on any atom is -0.256 e. The highest BCUT2D eigenvalue weighted by Gasteiger charge is 2.31. The third kappa shape index (κ3) is 4.63. The fourth-order valence-corrected chi connectivity index (χ4v) is 3.81. The molecule has 3 rings (SSSR count). The molecule has 1 aliphatic rings. The molecule has 30 heavy (non-hydrogen) atoms. The third-order valence-corrected chi connectivity index (χ3v) is 5.43. The van der Waals surface area contributed by atoms with Crippen molar-refractivity contribution in [1.82, 2.24) is 25.6 Å². The highest BCUT2D eigenvalue weighted by Crippen LogP contribution is 2.40. The van der Waals surface area contributed by atoms with Gasteiger partial charge in [0.25, 0.3) is 0 Å². The van der Waals surface area contributed by atoms with E-state index in [0.717, 1.165) is 78.8 Å². The van der Waals surface area contributed by atoms with Crippen LogP contribution in [0.2, 0.25) is 0 Å². The molecule has 2 aromatic rings. The number of fused-ring (bicyclic) bond motifs is 1. The van der Waals surface area contributed by atoms with Gasteiger partial charge in [-0.15, -0.1) is 10.2 Å². The van der Waals surface area contributed by atoms with E-state index in [1.54, 1.807) is 6.08 Å². The van der Waals surface area contributed by atoms with E-state index in [1.807, 2.05) is 6.92 Å². The van der Waals surface area contributed by atoms with E-state index in [0.29, 0.717) is 5.82 Å². The maximum Gasteiger partial charge on any atom is 0.412 e. The molecule has 0 saturated heterocycles. The van der Waals surface area contributed by atoms with Crippen molar-refractivity contribution in [3.8, 4) is 11.4 Å². The van der Waals surface area contributed by atoms with Crippen molar-refractivity contribution >= 4 is 5.57 Å². The van der Waals surface area contributed by atoms with Crippen LogP contribution < -0.4 is 0 Å². The molecule has 0 atom stereocenters. The van der Waals surface area contributed by atoms with Crippen LogP contribution >= 0.6 is 0 Å². The first-order valence-corrected chi connectivity index (χ1v) is 10.2. The van der Waals surface area contributed by atoms with Crippen LogP contribution in [0.25, 0.3) is 17.0 Å². The van der Waals surface area contributed by atoms with Crippen LogP contribution in [-0.2, 0) is 18.3 Å². The summed E-state index contributed by atoms with van der Waals surface area (Å²) in [6.07, 6.45) is 3.21. The topological polar surface area (TPSA) is 67.3 Å². The van der Waals surface area contributed by atoms with Gasteiger partial charge in [0.1, 0.15) is 0 Å². The number of halogens is 3. The van der Waals surface area contributed by atoms with Crippen molar-refractivity contribution in [1.29, 1.82) is 0 Å². The van der Waals surface area contributed by atoms with Gasteiger partial charge in [0.15, 0.2) is 0 Å². The molecule has 1 aliphatic carbocycles. The predicted octanol–water partition coefficient (Wildman–Crippen LogP) is 5.74. The number of H-pyrrole nitrogens is 1. The summed E-state index contributed by atoms with van der Waals surface area (Å²) >= 11 is 0. The molecule has 8 heteroatoms. The molecule has 0 fully saturated rings. The Labute approximate surface area is 174 Å². The Morgan fingerprint density at radius 3 is 2.30 bits per heavy atom. The number of pyridine rings is 1. The monoisotopic (exact) mass is 419 g/mol. The fourth-order valence-electron chi connectivity index (χ4n) is 3.81. The standard InChI is InChI=1S/C22H28F3N5/c1-13(11-12-14(2)22(23,24)25)17-15-9-7-6-8-10-16(15)26-19(21(3,4)5)18(17)20-27-29-30-28-20/h11-12H,6-10H2,1-5H3,(H,27,28,29,30)/b13-11+,14-12+. The molecule has 2 aromatic heterocycles. The van der Waals surface area contributed by atoms with Crippen LogP contribution in [-0.4, -0.2) is 31.8 Å². The Balaban J connectivity index is 2.33. The molecule has 0 saturated carbocycles. The third-order valence-electron chi connectivity index (χ3n) is 5.43. The van der Waals surface area contributed by atoms with Gasteiger partial charge in [-0.25, -0.2) is 0 Å². The van der Waals surface area contributed by atoms with Crippen molar-refractivity contribution in [2.45, 2.75) is 78.3 Å². The number of aromatic nitrogens is 5. The lowest BCUT2D eigenvalue weighted by Crippen LogP contribution is -2.20. The first kappa shape index (κ1) is 22.2. The van der Waals surface area contributed by atoms with E-state index < -0.39 is 11.7 Å². The number of allylic oxidation sites excluding steroid dienone is 4. The van der Waals surface area contributed by atoms with E-state index in [2.05, 4.69) is 41.4 Å². The molecule has 0 spiro atoms. The average Bonchev–Trinajstić information content (AvgIpc) is 3.07. The zero-order chi connectivity index (χ0) is 22.1. The normalized spacial score (nSPS) is 16.4. The van der Waals surface area contributed by atoms with Crippen molar-refractivity contribution in [3.05, 3.63) is 40.2 Å². The smallest absolute Gasteiger partial charge is 0.256 e. The van der Waals surface area contributed by atoms with Crippen molar-refractivity contribution in [3.63, 3.8) is 0 Å². The lowest BCUT2D eigenvalue weighted by Gasteiger charge is -2.26. The molecule has 162 valence electrons. The summed E-state index contributed by atoms with van der Waals surface area (Å²) in [4.78, 5) is 5.03. The van der Waals surface area contributed by atoms with Gasteiger partial charge in [0.05, 0.1) is 11.3 Å². The van der Waals surface area contributed by atoms with E-state index in [1.165, 1.54) is 0 Å². The van der Waals surface area contributed by atoms with Crippen LogP contribution in [0.4, 0.5) is 13.2 Å². The van der Waals surface area contributed by atoms with Gasteiger partial charge >= 0.3 is 6.18 Å². The summed E-state index contributed by atoms with van der Waals surface area (Å²) in [6, 6.07) is 0. The lowest BCUT2D eigenvalue weighted by molar-refractivity contribution is -0.0912. The molecule has 0 aliphatic heterocycles. The molecule has 0 amide bonds. The maximum atomic E-state index is 13.0. The summed E-state index contributed by atoms with van der Waals surface area (Å²) < 4.78 is 39.0. The first-order valence-electron chi connectivity index (χ1n) is 10.2. The SMILES string of the molecule is C/C(=C\C=C(/C)C(F)(F)F)c1c2c(nc(C(C)(C)C)c1-c1nn[nH]n1)CCCCC2. The Hall–Kier alpha value is -2.51. The van der Waals surface area contributed by atoms with Gasteiger partial charge in [0, 0.05) is 16.7 Å². The second-order valence-electron chi connectivity index (χ2n) is 8.88. The van der Waals surface area contributed by atoms with E-state index in [-0.39, 0.29) is 5.41 Å². The number of alkyl halides is 3. The summed E-state index contributed by atoms with van der Waals surface area (Å²) in [5.74, 6) is 0.416. The Kier molecular flexibility index (Phi) is 6.15. The average molecular weight is 419 g/mol. The molecule has 2 heterocycles. The first-order chi connectivity index (χ1) is 14.0. The van der Waals surface area contributed by atoms with Crippen molar-refractivity contribution in [2.75, 3.05) is 0 Å². The number of aromatic amines is 1. The second kappa shape index (κ2) is 8.32. The van der Waals surface area contributed by atoms with Gasteiger partial charge in [-0.1, -0.05) is 39.3 Å². The van der Waals surface area contributed by atoms with Crippen LogP contribution in [0.1, 0.15) is 76.4 Å². The summed E-state index contributed by atoms with van der Waals surface area (Å²) in [5, 5.41) is 14.6. The number of tetrazole rings is 1. The number of nitrogens with zero attached hydrogens (tertiary/aromatic N) is 4. The van der Waals surface area contributed by atoms with Crippen LogP contribution in [0.3, 0.4) is 0 Å². The predicted molar refractivity (Wildman–Crippen MR) is 111 cm³/mol. The summed E-state index contributed by atoms with van der Waals surface area (Å²) in [6.45, 7) is 9.13. The molecule has 0 bridgehead atoms. The number of nitrogens with one attached hydrogen (secondary N) is 1. The van der Waals surface area contributed by atoms with Crippen LogP contribution in [0, 0.1) is 0 Å². The van der Waals surface area contributed by atoms with Gasteiger partial charge in [-0.05, 0) is 61.4 Å². The highest BCUT2D eigenvalue weighted by atomic mass is 19.4. The molecule has 0 radical (unpaired) electrons. The van der Waals surface area contributed by atoms with Crippen LogP contribution in [0.15, 0.2) is 17.7 Å². The molecule has 0 unspecified atom stereocenters. The Morgan fingerprint density at radius 1 is 1.00 bits per heavy atom. The van der Waals surface area contributed by atoms with Crippen molar-refractivity contribution < 1.29 is 13.2 Å². The van der Waals surface area contributed by atoms with Gasteiger partial charge in [-0.2, -0.15) is 18.4 Å². The van der Waals surface area contributed by atoms with Gasteiger partial charge in [0.2, 0.25) is 5.82 Å². The Bertz CT molecular complexity index is 964. The largest absolute Gasteiger partial charge is 0.412 e. The molecule has 0 aromatic carbocycles. The number of rotatable bonds is 3. The summed E-state index contributed by atoms with van der Waals surface area (Å²) in [5.41, 5.74) is 4.40. The zero-order valence-corrected chi connectivity index (χ0v) is 18.1. The number of aryl methyl sites for hydroxylation is 1. The Morgan fingerprint density at radius 2 is 1.70 bits per heavy atom. The number of hydrogen-bond acceptors (Lipinski definition) is 4. The lowest BCUT2D eigenvalue weighted by atomic mass is 9.82. The fraction of sp³-hybridized carbons (Fsp3) is 0.545. The van der Waals surface area contributed by atoms with E-state index in [9.17, 15) is 13.2 Å². The van der Waals surface area contributed by atoms with Gasteiger partial charge < -0.3 is 0 Å². The molecular formula is C22H28F3N5. The summed E-state index contributed by atoms with van der Waals surface area (Å²) in [7, 11) is 0. The van der Waals surface area contributed by atoms with Crippen LogP contribution in [0.5, 0.6) is 0 Å². The minimum absolute atomic E-state index is 0.302.